The van der Waals surface area contributed by atoms with E-state index in [9.17, 15) is 19.2 Å². The summed E-state index contributed by atoms with van der Waals surface area (Å²) in [5.41, 5.74) is 3.81. The molecule has 12 heteroatoms. The summed E-state index contributed by atoms with van der Waals surface area (Å²) < 4.78 is 22.7. The van der Waals surface area contributed by atoms with Crippen LogP contribution in [0.3, 0.4) is 0 Å². The van der Waals surface area contributed by atoms with Crippen LogP contribution >= 0.6 is 0 Å². The highest BCUT2D eigenvalue weighted by Crippen LogP contribution is 2.38. The van der Waals surface area contributed by atoms with Crippen LogP contribution in [-0.4, -0.2) is 87.8 Å². The average Bonchev–Trinajstić information content (AvgIpc) is 3.81. The number of methoxy groups -OCH3 is 1. The molecule has 0 bridgehead atoms. The molecule has 5 aromatic carbocycles. The van der Waals surface area contributed by atoms with Gasteiger partial charge in [0.05, 0.1) is 48.4 Å². The molecule has 63 heavy (non-hydrogen) atoms. The molecule has 2 unspecified atom stereocenters. The second kappa shape index (κ2) is 22.0. The van der Waals surface area contributed by atoms with Crippen molar-refractivity contribution >= 4 is 35.0 Å². The molecule has 2 aliphatic rings. The van der Waals surface area contributed by atoms with E-state index in [0.717, 1.165) is 38.5 Å². The molecular formula is C51H56N4O8. The van der Waals surface area contributed by atoms with Crippen LogP contribution in [0.15, 0.2) is 127 Å². The second-order valence-corrected chi connectivity index (χ2v) is 16.1. The lowest BCUT2D eigenvalue weighted by molar-refractivity contribution is 0.0641. The Kier molecular flexibility index (Phi) is 15.6. The zero-order valence-electron chi connectivity index (χ0n) is 35.9. The van der Waals surface area contributed by atoms with E-state index in [2.05, 4.69) is 28.1 Å². The van der Waals surface area contributed by atoms with E-state index in [1.807, 2.05) is 30.1 Å². The minimum Gasteiger partial charge on any atom is -0.493 e. The molecule has 0 radical (unpaired) electrons. The molecule has 1 aliphatic heterocycles. The number of hydrogen-bond donors (Lipinski definition) is 3. The number of nitrogens with zero attached hydrogens (tertiary/aromatic N) is 1. The number of hydrogen-bond acceptors (Lipinski definition) is 8. The average molecular weight is 853 g/mol. The fourth-order valence-corrected chi connectivity index (χ4v) is 8.36. The van der Waals surface area contributed by atoms with Gasteiger partial charge in [0.2, 0.25) is 0 Å². The summed E-state index contributed by atoms with van der Waals surface area (Å²) in [5, 5.41) is 8.86. The van der Waals surface area contributed by atoms with Gasteiger partial charge in [-0.05, 0) is 122 Å². The van der Waals surface area contributed by atoms with Crippen molar-refractivity contribution in [3.8, 4) is 11.5 Å². The van der Waals surface area contributed by atoms with Crippen molar-refractivity contribution in [3.63, 3.8) is 0 Å². The lowest BCUT2D eigenvalue weighted by Crippen LogP contribution is -2.40. The fraction of sp³-hybridized carbons (Fsp3) is 0.333. The van der Waals surface area contributed by atoms with E-state index in [1.54, 1.807) is 104 Å². The summed E-state index contributed by atoms with van der Waals surface area (Å²) in [7, 11) is 3.45. The van der Waals surface area contributed by atoms with Crippen LogP contribution in [0.4, 0.5) is 11.4 Å². The third kappa shape index (κ3) is 12.1. The van der Waals surface area contributed by atoms with E-state index in [0.29, 0.717) is 89.9 Å². The largest absolute Gasteiger partial charge is 0.493 e. The van der Waals surface area contributed by atoms with E-state index >= 15 is 0 Å². The van der Waals surface area contributed by atoms with Crippen LogP contribution < -0.4 is 25.4 Å². The minimum absolute atomic E-state index is 0.0738. The van der Waals surface area contributed by atoms with Crippen molar-refractivity contribution in [3.05, 3.63) is 155 Å². The highest BCUT2D eigenvalue weighted by atomic mass is 16.5. The zero-order valence-corrected chi connectivity index (χ0v) is 35.9. The van der Waals surface area contributed by atoms with Gasteiger partial charge in [0.1, 0.15) is 18.1 Å². The Balaban J connectivity index is 0.841. The van der Waals surface area contributed by atoms with Crippen molar-refractivity contribution < 1.29 is 38.1 Å². The van der Waals surface area contributed by atoms with Crippen molar-refractivity contribution in [1.29, 1.82) is 0 Å². The van der Waals surface area contributed by atoms with E-state index in [4.69, 9.17) is 18.9 Å². The second-order valence-electron chi connectivity index (χ2n) is 16.1. The summed E-state index contributed by atoms with van der Waals surface area (Å²) in [6.07, 6.45) is 5.18. The van der Waals surface area contributed by atoms with Gasteiger partial charge in [0.15, 0.2) is 0 Å². The summed E-state index contributed by atoms with van der Waals surface area (Å²) >= 11 is 0. The first-order valence-electron chi connectivity index (χ1n) is 21.7. The molecule has 0 spiro atoms. The molecule has 2 atom stereocenters. The standard InChI is InChI=1S/C51H56N4O8/c1-55(51(59)45-13-7-9-15-47(45)54-49(57)38-20-26-42(27-21-38)62-31-30-60-2)40-22-16-36(17-23-40)39-32-43(63-34-39)33-52-50(58)44-12-6-8-14-46(44)53-48(56)37-18-24-41(25-19-37)61-29-28-35-10-4-3-5-11-35/h3-15,18-21,24-27,36,39-40,43H,16-17,22-23,28-34H2,1-2H3,(H,52,58)(H,53,56)(H,54,57). The number of carbonyl (C=O) groups excluding carboxylic acids is 4. The van der Waals surface area contributed by atoms with E-state index in [1.165, 1.54) is 5.56 Å². The van der Waals surface area contributed by atoms with Gasteiger partial charge in [-0.1, -0.05) is 54.6 Å². The molecule has 4 amide bonds. The first kappa shape index (κ1) is 44.6. The van der Waals surface area contributed by atoms with Crippen LogP contribution in [-0.2, 0) is 15.9 Å². The molecule has 328 valence electrons. The summed E-state index contributed by atoms with van der Waals surface area (Å²) in [4.78, 5) is 55.4. The predicted molar refractivity (Wildman–Crippen MR) is 243 cm³/mol. The van der Waals surface area contributed by atoms with Crippen LogP contribution in [0, 0.1) is 11.8 Å². The fourth-order valence-electron chi connectivity index (χ4n) is 8.36. The molecule has 1 saturated carbocycles. The van der Waals surface area contributed by atoms with Gasteiger partial charge < -0.3 is 39.8 Å². The third-order valence-corrected chi connectivity index (χ3v) is 12.0. The molecule has 3 N–H and O–H groups in total. The van der Waals surface area contributed by atoms with Crippen LogP contribution in [0.1, 0.15) is 79.1 Å². The third-order valence-electron chi connectivity index (χ3n) is 12.0. The maximum Gasteiger partial charge on any atom is 0.255 e. The van der Waals surface area contributed by atoms with E-state index in [-0.39, 0.29) is 35.8 Å². The van der Waals surface area contributed by atoms with Crippen molar-refractivity contribution in [2.45, 2.75) is 50.7 Å². The van der Waals surface area contributed by atoms with Gasteiger partial charge in [-0.3, -0.25) is 19.2 Å². The molecule has 1 saturated heterocycles. The Morgan fingerprint density at radius 1 is 0.619 bits per heavy atom. The molecule has 1 heterocycles. The lowest BCUT2D eigenvalue weighted by atomic mass is 9.77. The number of anilines is 2. The SMILES string of the molecule is COCCOc1ccc(C(=O)Nc2ccccc2C(=O)N(C)C2CCC(C3COC(CNC(=O)c4ccccc4NC(=O)c4ccc(OCCc5ccccc5)cc4)C3)CC2)cc1. The summed E-state index contributed by atoms with van der Waals surface area (Å²) in [6.45, 7) is 2.40. The number of amides is 4. The van der Waals surface area contributed by atoms with Gasteiger partial charge in [-0.2, -0.15) is 0 Å². The quantitative estimate of drug-likeness (QED) is 0.0748. The number of rotatable bonds is 18. The van der Waals surface area contributed by atoms with Crippen molar-refractivity contribution in [2.75, 3.05) is 57.8 Å². The normalized spacial score (nSPS) is 18.2. The minimum atomic E-state index is -0.324. The smallest absolute Gasteiger partial charge is 0.255 e. The molecule has 2 fully saturated rings. The molecule has 1 aliphatic carbocycles. The van der Waals surface area contributed by atoms with E-state index < -0.39 is 0 Å². The molecule has 12 nitrogen and oxygen atoms in total. The van der Waals surface area contributed by atoms with Crippen LogP contribution in [0.5, 0.6) is 11.5 Å². The Bertz CT molecular complexity index is 2290. The number of carbonyl (C=O) groups is 4. The topological polar surface area (TPSA) is 145 Å². The van der Waals surface area contributed by atoms with Crippen molar-refractivity contribution in [1.82, 2.24) is 10.2 Å². The zero-order chi connectivity index (χ0) is 44.0. The molecular weight excluding hydrogens is 797 g/mol. The Hall–Kier alpha value is -6.50. The maximum absolute atomic E-state index is 13.8. The van der Waals surface area contributed by atoms with Gasteiger partial charge in [0, 0.05) is 44.3 Å². The summed E-state index contributed by atoms with van der Waals surface area (Å²) in [6, 6.07) is 38.1. The monoisotopic (exact) mass is 852 g/mol. The van der Waals surface area contributed by atoms with Gasteiger partial charge in [0.25, 0.3) is 23.6 Å². The molecule has 0 aromatic heterocycles. The van der Waals surface area contributed by atoms with Crippen LogP contribution in [0.25, 0.3) is 0 Å². The van der Waals surface area contributed by atoms with Gasteiger partial charge >= 0.3 is 0 Å². The van der Waals surface area contributed by atoms with Gasteiger partial charge in [-0.25, -0.2) is 0 Å². The number of ether oxygens (including phenoxy) is 4. The molecule has 7 rings (SSSR count). The number of benzene rings is 5. The predicted octanol–water partition coefficient (Wildman–Crippen LogP) is 8.30. The van der Waals surface area contributed by atoms with Crippen LogP contribution in [0.2, 0.25) is 0 Å². The Morgan fingerprint density at radius 2 is 1.17 bits per heavy atom. The summed E-state index contributed by atoms with van der Waals surface area (Å²) in [5.74, 6) is 1.09. The van der Waals surface area contributed by atoms with Gasteiger partial charge in [-0.15, -0.1) is 0 Å². The van der Waals surface area contributed by atoms with Crippen molar-refractivity contribution in [2.24, 2.45) is 11.8 Å². The first-order valence-corrected chi connectivity index (χ1v) is 21.7. The lowest BCUT2D eigenvalue weighted by Gasteiger charge is -2.36. The highest BCUT2D eigenvalue weighted by molar-refractivity contribution is 6.10. The maximum atomic E-state index is 13.8. The first-order chi connectivity index (χ1) is 30.7. The number of nitrogens with one attached hydrogen (secondary N) is 3. The Labute approximate surface area is 369 Å². The molecule has 5 aromatic rings. The highest BCUT2D eigenvalue weighted by Gasteiger charge is 2.36. The Morgan fingerprint density at radius 3 is 1.79 bits per heavy atom. The number of para-hydroxylation sites is 2.